The predicted molar refractivity (Wildman–Crippen MR) is 104 cm³/mol. The van der Waals surface area contributed by atoms with Crippen LogP contribution in [0.25, 0.3) is 0 Å². The lowest BCUT2D eigenvalue weighted by Crippen LogP contribution is -2.02. The van der Waals surface area contributed by atoms with Crippen LogP contribution in [0.3, 0.4) is 0 Å². The minimum absolute atomic E-state index is 0.264. The summed E-state index contributed by atoms with van der Waals surface area (Å²) in [5.41, 5.74) is 2.22. The minimum atomic E-state index is -4.24. The van der Waals surface area contributed by atoms with Gasteiger partial charge in [0.25, 0.3) is 0 Å². The van der Waals surface area contributed by atoms with Crippen LogP contribution >= 0.6 is 7.82 Å². The molecule has 5 nitrogen and oxygen atoms in total. The maximum Gasteiger partial charge on any atom is 0.584 e. The summed E-state index contributed by atoms with van der Waals surface area (Å²) in [6, 6.07) is 23.2. The summed E-state index contributed by atoms with van der Waals surface area (Å²) < 4.78 is 27.9. The van der Waals surface area contributed by atoms with Gasteiger partial charge in [-0.1, -0.05) is 48.0 Å². The Morgan fingerprint density at radius 1 is 0.778 bits per heavy atom. The minimum Gasteiger partial charge on any atom is -0.493 e. The second-order valence-corrected chi connectivity index (χ2v) is 7.32. The van der Waals surface area contributed by atoms with E-state index in [0.29, 0.717) is 13.0 Å². The number of hydrogen-bond donors (Lipinski definition) is 1. The first kappa shape index (κ1) is 19.0. The summed E-state index contributed by atoms with van der Waals surface area (Å²) in [6.07, 6.45) is 0.714. The Bertz CT molecular complexity index is 892. The molecule has 140 valence electrons. The summed E-state index contributed by atoms with van der Waals surface area (Å²) in [4.78, 5) is 9.87. The molecule has 3 rings (SSSR count). The summed E-state index contributed by atoms with van der Waals surface area (Å²) in [5, 5.41) is 0. The van der Waals surface area contributed by atoms with E-state index in [1.165, 1.54) is 5.56 Å². The lowest BCUT2D eigenvalue weighted by molar-refractivity contribution is 0.291. The molecule has 1 N–H and O–H groups in total. The molecule has 27 heavy (non-hydrogen) atoms. The van der Waals surface area contributed by atoms with E-state index in [4.69, 9.17) is 13.8 Å². The van der Waals surface area contributed by atoms with Gasteiger partial charge in [-0.05, 0) is 48.9 Å². The van der Waals surface area contributed by atoms with Crippen LogP contribution in [0.1, 0.15) is 11.1 Å². The number of phosphoric ester groups is 1. The molecule has 0 saturated heterocycles. The molecule has 0 spiro atoms. The molecule has 3 aromatic rings. The lowest BCUT2D eigenvalue weighted by Gasteiger charge is -2.14. The van der Waals surface area contributed by atoms with Gasteiger partial charge in [-0.15, -0.1) is 0 Å². The molecule has 3 aromatic carbocycles. The van der Waals surface area contributed by atoms with Crippen molar-refractivity contribution in [3.8, 4) is 17.2 Å². The van der Waals surface area contributed by atoms with Crippen molar-refractivity contribution in [2.24, 2.45) is 0 Å². The Hall–Kier alpha value is -2.75. The van der Waals surface area contributed by atoms with E-state index in [9.17, 15) is 9.46 Å². The van der Waals surface area contributed by atoms with Crippen LogP contribution in [-0.2, 0) is 11.0 Å². The molecule has 0 aliphatic heterocycles. The summed E-state index contributed by atoms with van der Waals surface area (Å²) in [7, 11) is -4.24. The van der Waals surface area contributed by atoms with Crippen molar-refractivity contribution in [2.45, 2.75) is 13.3 Å². The first-order valence-electron chi connectivity index (χ1n) is 8.56. The van der Waals surface area contributed by atoms with Crippen molar-refractivity contribution < 1.29 is 23.2 Å². The highest BCUT2D eigenvalue weighted by Gasteiger charge is 2.24. The van der Waals surface area contributed by atoms with Crippen LogP contribution in [0.5, 0.6) is 17.2 Å². The van der Waals surface area contributed by atoms with Crippen molar-refractivity contribution >= 4 is 7.82 Å². The molecular formula is C21H21O5P. The van der Waals surface area contributed by atoms with Crippen LogP contribution in [0, 0.1) is 6.92 Å². The molecule has 0 fully saturated rings. The molecule has 0 heterocycles. The first-order chi connectivity index (χ1) is 13.0. The van der Waals surface area contributed by atoms with Gasteiger partial charge in [0.15, 0.2) is 0 Å². The van der Waals surface area contributed by atoms with Crippen LogP contribution < -0.4 is 13.8 Å². The zero-order valence-corrected chi connectivity index (χ0v) is 15.8. The number of ether oxygens (including phenoxy) is 1. The molecule has 0 saturated carbocycles. The van der Waals surface area contributed by atoms with Gasteiger partial charge in [-0.2, -0.15) is 0 Å². The number of rotatable bonds is 8. The first-order valence-corrected chi connectivity index (χ1v) is 10.1. The Kier molecular flexibility index (Phi) is 6.17. The molecule has 0 bridgehead atoms. The van der Waals surface area contributed by atoms with Crippen molar-refractivity contribution in [3.63, 3.8) is 0 Å². The topological polar surface area (TPSA) is 65.0 Å². The molecule has 0 aromatic heterocycles. The highest BCUT2D eigenvalue weighted by atomic mass is 31.2. The van der Waals surface area contributed by atoms with E-state index in [0.717, 1.165) is 11.3 Å². The van der Waals surface area contributed by atoms with Gasteiger partial charge in [-0.25, -0.2) is 4.57 Å². The van der Waals surface area contributed by atoms with Gasteiger partial charge in [0, 0.05) is 6.42 Å². The van der Waals surface area contributed by atoms with Gasteiger partial charge >= 0.3 is 7.82 Å². The monoisotopic (exact) mass is 384 g/mol. The smallest absolute Gasteiger partial charge is 0.493 e. The normalized spacial score (nSPS) is 12.8. The summed E-state index contributed by atoms with van der Waals surface area (Å²) in [5.74, 6) is 1.37. The molecule has 0 amide bonds. The van der Waals surface area contributed by atoms with Crippen molar-refractivity contribution in [1.82, 2.24) is 0 Å². The molecule has 6 heteroatoms. The maximum absolute atomic E-state index is 12.1. The van der Waals surface area contributed by atoms with Crippen molar-refractivity contribution in [1.29, 1.82) is 0 Å². The third kappa shape index (κ3) is 6.17. The van der Waals surface area contributed by atoms with E-state index in [1.54, 1.807) is 42.5 Å². The van der Waals surface area contributed by atoms with E-state index in [-0.39, 0.29) is 11.5 Å². The van der Waals surface area contributed by atoms with Crippen LogP contribution in [0.15, 0.2) is 78.9 Å². The fourth-order valence-corrected chi connectivity index (χ4v) is 3.22. The quantitative estimate of drug-likeness (QED) is 0.543. The average molecular weight is 384 g/mol. The van der Waals surface area contributed by atoms with Gasteiger partial charge in [-0.3, -0.25) is 4.89 Å². The molecule has 1 unspecified atom stereocenters. The van der Waals surface area contributed by atoms with E-state index >= 15 is 0 Å². The average Bonchev–Trinajstić information content (AvgIpc) is 2.65. The fourth-order valence-electron chi connectivity index (χ4n) is 2.40. The van der Waals surface area contributed by atoms with Gasteiger partial charge in [0.2, 0.25) is 0 Å². The second kappa shape index (κ2) is 8.76. The predicted octanol–water partition coefficient (Wildman–Crippen LogP) is 5.17. The second-order valence-electron chi connectivity index (χ2n) is 6.02. The Morgan fingerprint density at radius 3 is 1.96 bits per heavy atom. The van der Waals surface area contributed by atoms with Crippen LogP contribution in [-0.4, -0.2) is 11.5 Å². The summed E-state index contributed by atoms with van der Waals surface area (Å²) >= 11 is 0. The number of aryl methyl sites for hydroxylation is 1. The standard InChI is InChI=1S/C21H21O5P/c1-17-7-11-19(12-8-17)24-16-15-18-9-13-21(14-10-18)26-27(22,23)25-20-5-3-2-4-6-20/h2-14H,15-16H2,1H3,(H,22,23). The lowest BCUT2D eigenvalue weighted by atomic mass is 10.1. The third-order valence-electron chi connectivity index (χ3n) is 3.79. The Labute approximate surface area is 158 Å². The summed E-state index contributed by atoms with van der Waals surface area (Å²) in [6.45, 7) is 2.57. The van der Waals surface area contributed by atoms with Gasteiger partial charge in [0.05, 0.1) is 6.61 Å². The molecule has 0 aliphatic carbocycles. The Balaban J connectivity index is 1.50. The molecule has 0 radical (unpaired) electrons. The molecule has 1 atom stereocenters. The maximum atomic E-state index is 12.1. The van der Waals surface area contributed by atoms with Gasteiger partial charge in [0.1, 0.15) is 17.2 Å². The molecule has 0 aliphatic rings. The highest BCUT2D eigenvalue weighted by molar-refractivity contribution is 7.48. The largest absolute Gasteiger partial charge is 0.584 e. The van der Waals surface area contributed by atoms with E-state index in [2.05, 4.69) is 0 Å². The number of phosphoric acid groups is 1. The zero-order valence-electron chi connectivity index (χ0n) is 14.9. The zero-order chi connectivity index (χ0) is 19.1. The van der Waals surface area contributed by atoms with Crippen molar-refractivity contribution in [3.05, 3.63) is 90.0 Å². The van der Waals surface area contributed by atoms with Crippen molar-refractivity contribution in [2.75, 3.05) is 6.61 Å². The number of para-hydroxylation sites is 1. The third-order valence-corrected chi connectivity index (χ3v) is 4.67. The number of hydrogen-bond acceptors (Lipinski definition) is 4. The molecular weight excluding hydrogens is 363 g/mol. The van der Waals surface area contributed by atoms with Gasteiger partial charge < -0.3 is 13.8 Å². The van der Waals surface area contributed by atoms with Crippen LogP contribution in [0.2, 0.25) is 0 Å². The SMILES string of the molecule is Cc1ccc(OCCc2ccc(OP(=O)(O)Oc3ccccc3)cc2)cc1. The highest BCUT2D eigenvalue weighted by Crippen LogP contribution is 2.44. The van der Waals surface area contributed by atoms with E-state index in [1.807, 2.05) is 43.3 Å². The van der Waals surface area contributed by atoms with E-state index < -0.39 is 7.82 Å². The number of benzene rings is 3. The fraction of sp³-hybridized carbons (Fsp3) is 0.143. The Morgan fingerprint density at radius 2 is 1.33 bits per heavy atom. The van der Waals surface area contributed by atoms with Crippen LogP contribution in [0.4, 0.5) is 0 Å².